The van der Waals surface area contributed by atoms with Gasteiger partial charge in [-0.3, -0.25) is 10.1 Å². The summed E-state index contributed by atoms with van der Waals surface area (Å²) in [4.78, 5) is 10.8. The van der Waals surface area contributed by atoms with Crippen LogP contribution in [0.25, 0.3) is 0 Å². The Balaban J connectivity index is 1.79. The molecule has 172 valence electrons. The van der Waals surface area contributed by atoms with Crippen molar-refractivity contribution in [3.8, 4) is 0 Å². The average Bonchev–Trinajstić information content (AvgIpc) is 2.84. The molecule has 1 saturated heterocycles. The number of nitro benzene ring substituents is 1. The zero-order valence-electron chi connectivity index (χ0n) is 18.6. The smallest absolute Gasteiger partial charge is 0.258 e. The van der Waals surface area contributed by atoms with Gasteiger partial charge in [-0.2, -0.15) is 4.31 Å². The highest BCUT2D eigenvalue weighted by atomic mass is 32.2. The molecule has 33 heavy (non-hydrogen) atoms. The first-order chi connectivity index (χ1) is 15.9. The lowest BCUT2D eigenvalue weighted by molar-refractivity contribution is -0.387. The van der Waals surface area contributed by atoms with Crippen molar-refractivity contribution in [3.63, 3.8) is 0 Å². The molecule has 1 heterocycles. The van der Waals surface area contributed by atoms with E-state index in [2.05, 4.69) is 6.92 Å². The summed E-state index contributed by atoms with van der Waals surface area (Å²) in [5.74, 6) is 0.0814. The third-order valence-electron chi connectivity index (χ3n) is 6.50. The highest BCUT2D eigenvalue weighted by Crippen LogP contribution is 2.44. The van der Waals surface area contributed by atoms with E-state index in [1.807, 2.05) is 60.7 Å². The van der Waals surface area contributed by atoms with Gasteiger partial charge in [0.1, 0.15) is 0 Å². The van der Waals surface area contributed by atoms with E-state index >= 15 is 0 Å². The lowest BCUT2D eigenvalue weighted by atomic mass is 9.83. The second-order valence-electron chi connectivity index (χ2n) is 8.65. The first-order valence-electron chi connectivity index (χ1n) is 11.3. The Morgan fingerprint density at radius 2 is 1.52 bits per heavy atom. The molecule has 0 saturated carbocycles. The zero-order chi connectivity index (χ0) is 23.4. The molecule has 0 aromatic heterocycles. The number of benzene rings is 3. The van der Waals surface area contributed by atoms with Crippen LogP contribution >= 0.6 is 0 Å². The minimum absolute atomic E-state index is 0.0814. The van der Waals surface area contributed by atoms with Crippen molar-refractivity contribution >= 4 is 15.7 Å². The van der Waals surface area contributed by atoms with E-state index in [4.69, 9.17) is 0 Å². The van der Waals surface area contributed by atoms with Gasteiger partial charge in [0.15, 0.2) is 4.90 Å². The second kappa shape index (κ2) is 9.85. The molecule has 3 atom stereocenters. The Morgan fingerprint density at radius 1 is 0.909 bits per heavy atom. The summed E-state index contributed by atoms with van der Waals surface area (Å²) in [5, 5.41) is 11.7. The van der Waals surface area contributed by atoms with E-state index in [0.29, 0.717) is 6.42 Å². The topological polar surface area (TPSA) is 80.5 Å². The third kappa shape index (κ3) is 4.84. The van der Waals surface area contributed by atoms with Crippen molar-refractivity contribution in [2.45, 2.75) is 49.6 Å². The second-order valence-corrected chi connectivity index (χ2v) is 10.5. The summed E-state index contributed by atoms with van der Waals surface area (Å²) in [7, 11) is -4.13. The molecule has 0 amide bonds. The predicted octanol–water partition coefficient (Wildman–Crippen LogP) is 5.76. The van der Waals surface area contributed by atoms with Crippen LogP contribution in [-0.2, 0) is 16.4 Å². The third-order valence-corrected chi connectivity index (χ3v) is 8.48. The Morgan fingerprint density at radius 3 is 2.18 bits per heavy atom. The van der Waals surface area contributed by atoms with E-state index in [0.717, 1.165) is 30.4 Å². The van der Waals surface area contributed by atoms with Crippen LogP contribution in [0.3, 0.4) is 0 Å². The van der Waals surface area contributed by atoms with Gasteiger partial charge in [0.05, 0.1) is 11.0 Å². The molecule has 3 aromatic rings. The van der Waals surface area contributed by atoms with Crippen LogP contribution in [0.1, 0.15) is 43.4 Å². The quantitative estimate of drug-likeness (QED) is 0.329. The summed E-state index contributed by atoms with van der Waals surface area (Å²) in [6, 6.07) is 24.6. The first-order valence-corrected chi connectivity index (χ1v) is 12.7. The molecule has 0 unspecified atom stereocenters. The number of aryl methyl sites for hydroxylation is 1. The van der Waals surface area contributed by atoms with Crippen LogP contribution in [0.5, 0.6) is 0 Å². The van der Waals surface area contributed by atoms with E-state index < -0.39 is 14.9 Å². The van der Waals surface area contributed by atoms with Gasteiger partial charge in [-0.05, 0) is 48.8 Å². The number of hydrogen-bond donors (Lipinski definition) is 0. The first kappa shape index (κ1) is 23.1. The number of rotatable bonds is 7. The van der Waals surface area contributed by atoms with Crippen molar-refractivity contribution in [2.75, 3.05) is 0 Å². The van der Waals surface area contributed by atoms with Gasteiger partial charge >= 0.3 is 0 Å². The SMILES string of the molecule is C[C@@H]1CC[C@@H](CCc2ccccc2)N(S(=O)(=O)c2ccccc2[N+](=O)[O-])[C@H]1c1ccccc1. The van der Waals surface area contributed by atoms with Gasteiger partial charge in [0.25, 0.3) is 15.7 Å². The van der Waals surface area contributed by atoms with Crippen molar-refractivity contribution in [3.05, 3.63) is 106 Å². The van der Waals surface area contributed by atoms with Crippen molar-refractivity contribution in [1.82, 2.24) is 4.31 Å². The van der Waals surface area contributed by atoms with Crippen LogP contribution in [0, 0.1) is 16.0 Å². The number of nitro groups is 1. The molecular weight excluding hydrogens is 436 g/mol. The Hall–Kier alpha value is -3.03. The number of nitrogens with zero attached hydrogens (tertiary/aromatic N) is 2. The van der Waals surface area contributed by atoms with Crippen molar-refractivity contribution in [2.24, 2.45) is 5.92 Å². The van der Waals surface area contributed by atoms with E-state index in [-0.39, 0.29) is 28.6 Å². The largest absolute Gasteiger partial charge is 0.289 e. The molecule has 6 nitrogen and oxygen atoms in total. The number of hydrogen-bond acceptors (Lipinski definition) is 4. The summed E-state index contributed by atoms with van der Waals surface area (Å²) < 4.78 is 29.7. The number of para-hydroxylation sites is 1. The van der Waals surface area contributed by atoms with Crippen LogP contribution in [0.15, 0.2) is 89.8 Å². The fourth-order valence-corrected chi connectivity index (χ4v) is 7.00. The summed E-state index contributed by atoms with van der Waals surface area (Å²) in [6.45, 7) is 2.06. The summed E-state index contributed by atoms with van der Waals surface area (Å²) >= 11 is 0. The molecule has 4 rings (SSSR count). The molecule has 1 aliphatic heterocycles. The molecule has 7 heteroatoms. The predicted molar refractivity (Wildman–Crippen MR) is 128 cm³/mol. The number of sulfonamides is 1. The number of piperidine rings is 1. The fraction of sp³-hybridized carbons (Fsp3) is 0.308. The van der Waals surface area contributed by atoms with Crippen LogP contribution in [0.2, 0.25) is 0 Å². The van der Waals surface area contributed by atoms with Gasteiger partial charge in [-0.25, -0.2) is 8.42 Å². The molecule has 0 spiro atoms. The molecule has 1 aliphatic rings. The average molecular weight is 465 g/mol. The maximum absolute atomic E-state index is 14.1. The molecule has 0 aliphatic carbocycles. The van der Waals surface area contributed by atoms with Gasteiger partial charge < -0.3 is 0 Å². The summed E-state index contributed by atoms with van der Waals surface area (Å²) in [6.07, 6.45) is 3.00. The van der Waals surface area contributed by atoms with E-state index in [1.165, 1.54) is 18.2 Å². The van der Waals surface area contributed by atoms with Gasteiger partial charge in [0, 0.05) is 12.1 Å². The molecule has 1 fully saturated rings. The van der Waals surface area contributed by atoms with Gasteiger partial charge in [0.2, 0.25) is 0 Å². The zero-order valence-corrected chi connectivity index (χ0v) is 19.4. The van der Waals surface area contributed by atoms with Gasteiger partial charge in [-0.15, -0.1) is 0 Å². The molecule has 0 N–H and O–H groups in total. The van der Waals surface area contributed by atoms with Crippen molar-refractivity contribution in [1.29, 1.82) is 0 Å². The normalized spacial score (nSPS) is 21.5. The van der Waals surface area contributed by atoms with E-state index in [1.54, 1.807) is 10.4 Å². The molecular formula is C26H28N2O4S. The maximum atomic E-state index is 14.1. The molecule has 0 radical (unpaired) electrons. The van der Waals surface area contributed by atoms with E-state index in [9.17, 15) is 18.5 Å². The minimum atomic E-state index is -4.13. The Kier molecular flexibility index (Phi) is 6.91. The van der Waals surface area contributed by atoms with Crippen LogP contribution in [0.4, 0.5) is 5.69 Å². The summed E-state index contributed by atoms with van der Waals surface area (Å²) in [5.41, 5.74) is 1.68. The van der Waals surface area contributed by atoms with Crippen LogP contribution < -0.4 is 0 Å². The Labute approximate surface area is 195 Å². The standard InChI is InChI=1S/C26H28N2O4S/c1-20-16-18-23(19-17-21-10-4-2-5-11-21)27(26(20)22-12-6-3-7-13-22)33(31,32)25-15-9-8-14-24(25)28(29)30/h2-15,20,23,26H,16-19H2,1H3/t20-,23+,26-/m1/s1. The van der Waals surface area contributed by atoms with Crippen molar-refractivity contribution < 1.29 is 13.3 Å². The molecule has 0 bridgehead atoms. The Bertz CT molecular complexity index is 1200. The van der Waals surface area contributed by atoms with Crippen LogP contribution in [-0.4, -0.2) is 23.7 Å². The maximum Gasteiger partial charge on any atom is 0.289 e. The minimum Gasteiger partial charge on any atom is -0.258 e. The lowest BCUT2D eigenvalue weighted by Crippen LogP contribution is -2.48. The highest BCUT2D eigenvalue weighted by Gasteiger charge is 2.45. The fourth-order valence-electron chi connectivity index (χ4n) is 4.88. The van der Waals surface area contributed by atoms with Gasteiger partial charge in [-0.1, -0.05) is 79.7 Å². The lowest BCUT2D eigenvalue weighted by Gasteiger charge is -2.44. The molecule has 3 aromatic carbocycles. The monoisotopic (exact) mass is 464 g/mol. The highest BCUT2D eigenvalue weighted by molar-refractivity contribution is 7.89.